The fourth-order valence-electron chi connectivity index (χ4n) is 3.17. The summed E-state index contributed by atoms with van der Waals surface area (Å²) in [6.07, 6.45) is 1.57. The first-order chi connectivity index (χ1) is 15.9. The molecule has 1 heterocycles. The average molecular weight is 503 g/mol. The molecular weight excluding hydrogens is 485 g/mol. The first-order valence-corrected chi connectivity index (χ1v) is 11.2. The van der Waals surface area contributed by atoms with Crippen molar-refractivity contribution in [2.75, 3.05) is 6.61 Å². The fourth-order valence-corrected chi connectivity index (χ4v) is 3.88. The molecule has 1 aliphatic heterocycles. The van der Waals surface area contributed by atoms with Gasteiger partial charge in [-0.05, 0) is 60.5 Å². The van der Waals surface area contributed by atoms with E-state index >= 15 is 0 Å². The lowest BCUT2D eigenvalue weighted by molar-refractivity contribution is -0.129. The van der Waals surface area contributed by atoms with E-state index in [2.05, 4.69) is 4.99 Å². The summed E-state index contributed by atoms with van der Waals surface area (Å²) in [6, 6.07) is 17.8. The topological polar surface area (TPSA) is 57.1 Å². The number of halogens is 3. The van der Waals surface area contributed by atoms with Gasteiger partial charge in [-0.2, -0.15) is 0 Å². The molecule has 0 fully saturated rings. The largest absolute Gasteiger partial charge is 0.490 e. The molecule has 0 N–H and O–H groups in total. The van der Waals surface area contributed by atoms with Gasteiger partial charge in [-0.3, -0.25) is 0 Å². The lowest BCUT2D eigenvalue weighted by Gasteiger charge is -2.14. The third-order valence-corrected chi connectivity index (χ3v) is 5.48. The van der Waals surface area contributed by atoms with Crippen LogP contribution in [0.4, 0.5) is 0 Å². The lowest BCUT2D eigenvalue weighted by atomic mass is 10.1. The summed E-state index contributed by atoms with van der Waals surface area (Å²) in [5.41, 5.74) is 2.15. The van der Waals surface area contributed by atoms with E-state index < -0.39 is 5.97 Å². The summed E-state index contributed by atoms with van der Waals surface area (Å²) in [4.78, 5) is 16.7. The minimum absolute atomic E-state index is 0.121. The van der Waals surface area contributed by atoms with Gasteiger partial charge in [-0.25, -0.2) is 9.79 Å². The Morgan fingerprint density at radius 2 is 1.79 bits per heavy atom. The van der Waals surface area contributed by atoms with Crippen LogP contribution >= 0.6 is 34.8 Å². The number of benzene rings is 3. The van der Waals surface area contributed by atoms with Crippen molar-refractivity contribution in [2.24, 2.45) is 4.99 Å². The minimum Gasteiger partial charge on any atom is -0.490 e. The molecule has 0 radical (unpaired) electrons. The van der Waals surface area contributed by atoms with Crippen LogP contribution in [-0.4, -0.2) is 18.5 Å². The van der Waals surface area contributed by atoms with Crippen LogP contribution in [0.1, 0.15) is 23.6 Å². The molecule has 0 aromatic heterocycles. The second-order valence-electron chi connectivity index (χ2n) is 7.00. The predicted molar refractivity (Wildman–Crippen MR) is 130 cm³/mol. The molecule has 0 atom stereocenters. The zero-order chi connectivity index (χ0) is 23.4. The van der Waals surface area contributed by atoms with Gasteiger partial charge in [0.2, 0.25) is 5.90 Å². The molecule has 3 aromatic rings. The molecule has 8 heteroatoms. The van der Waals surface area contributed by atoms with Gasteiger partial charge in [0.15, 0.2) is 17.2 Å². The molecule has 0 unspecified atom stereocenters. The maximum atomic E-state index is 12.4. The van der Waals surface area contributed by atoms with Crippen molar-refractivity contribution < 1.29 is 19.0 Å². The number of aliphatic imine (C=N–C) groups is 1. The van der Waals surface area contributed by atoms with Crippen LogP contribution in [0, 0.1) is 0 Å². The monoisotopic (exact) mass is 501 g/mol. The first kappa shape index (κ1) is 23.2. The third-order valence-electron chi connectivity index (χ3n) is 4.63. The Labute approximate surface area is 206 Å². The first-order valence-electron chi connectivity index (χ1n) is 10.1. The van der Waals surface area contributed by atoms with Gasteiger partial charge in [0.25, 0.3) is 0 Å². The van der Waals surface area contributed by atoms with Crippen LogP contribution in [0.5, 0.6) is 11.5 Å². The Morgan fingerprint density at radius 1 is 0.970 bits per heavy atom. The highest BCUT2D eigenvalue weighted by atomic mass is 35.5. The van der Waals surface area contributed by atoms with Gasteiger partial charge < -0.3 is 14.2 Å². The Kier molecular flexibility index (Phi) is 7.23. The van der Waals surface area contributed by atoms with E-state index in [0.717, 1.165) is 5.56 Å². The van der Waals surface area contributed by atoms with Gasteiger partial charge in [0.1, 0.15) is 6.61 Å². The van der Waals surface area contributed by atoms with Gasteiger partial charge in [0, 0.05) is 5.02 Å². The fraction of sp³-hybridized carbons (Fsp3) is 0.120. The van der Waals surface area contributed by atoms with Gasteiger partial charge in [-0.15, -0.1) is 0 Å². The normalized spacial score (nSPS) is 14.2. The molecule has 33 heavy (non-hydrogen) atoms. The van der Waals surface area contributed by atoms with Crippen LogP contribution in [0.3, 0.4) is 0 Å². The number of carbonyl (C=O) groups is 1. The van der Waals surface area contributed by atoms with Crippen LogP contribution in [0.25, 0.3) is 6.08 Å². The summed E-state index contributed by atoms with van der Waals surface area (Å²) in [5, 5.41) is 1.39. The predicted octanol–water partition coefficient (Wildman–Crippen LogP) is 6.97. The molecule has 0 saturated carbocycles. The van der Waals surface area contributed by atoms with E-state index in [1.807, 2.05) is 25.1 Å². The Balaban J connectivity index is 1.62. The van der Waals surface area contributed by atoms with Crippen molar-refractivity contribution in [3.63, 3.8) is 0 Å². The van der Waals surface area contributed by atoms with Gasteiger partial charge >= 0.3 is 5.97 Å². The molecule has 1 aliphatic rings. The maximum Gasteiger partial charge on any atom is 0.363 e. The number of esters is 1. The highest BCUT2D eigenvalue weighted by Crippen LogP contribution is 2.38. The number of ether oxygens (including phenoxy) is 3. The van der Waals surface area contributed by atoms with Crippen molar-refractivity contribution in [1.82, 2.24) is 0 Å². The molecule has 0 spiro atoms. The molecule has 0 aliphatic carbocycles. The van der Waals surface area contributed by atoms with Crippen molar-refractivity contribution in [3.05, 3.63) is 98.1 Å². The Hall–Kier alpha value is -2.99. The summed E-state index contributed by atoms with van der Waals surface area (Å²) in [6.45, 7) is 2.52. The zero-order valence-electron chi connectivity index (χ0n) is 17.5. The second kappa shape index (κ2) is 10.3. The quantitative estimate of drug-likeness (QED) is 0.259. The second-order valence-corrected chi connectivity index (χ2v) is 8.25. The molecule has 0 amide bonds. The van der Waals surface area contributed by atoms with Crippen molar-refractivity contribution in [3.8, 4) is 11.5 Å². The van der Waals surface area contributed by atoms with Gasteiger partial charge in [-0.1, -0.05) is 59.1 Å². The number of cyclic esters (lactones) is 1. The molecule has 0 bridgehead atoms. The molecule has 5 nitrogen and oxygen atoms in total. The number of hydrogen-bond acceptors (Lipinski definition) is 5. The van der Waals surface area contributed by atoms with Crippen LogP contribution < -0.4 is 9.47 Å². The van der Waals surface area contributed by atoms with E-state index in [1.165, 1.54) is 0 Å². The zero-order valence-corrected chi connectivity index (χ0v) is 19.7. The lowest BCUT2D eigenvalue weighted by Crippen LogP contribution is -2.05. The summed E-state index contributed by atoms with van der Waals surface area (Å²) < 4.78 is 17.0. The van der Waals surface area contributed by atoms with Crippen molar-refractivity contribution in [1.29, 1.82) is 0 Å². The highest BCUT2D eigenvalue weighted by Gasteiger charge is 2.26. The molecule has 3 aromatic carbocycles. The number of rotatable bonds is 7. The van der Waals surface area contributed by atoms with E-state index in [9.17, 15) is 4.79 Å². The number of carbonyl (C=O) groups excluding carboxylic acids is 1. The Bertz CT molecular complexity index is 1270. The third kappa shape index (κ3) is 5.50. The van der Waals surface area contributed by atoms with Gasteiger partial charge in [0.05, 0.1) is 22.2 Å². The average Bonchev–Trinajstić information content (AvgIpc) is 3.13. The van der Waals surface area contributed by atoms with E-state index in [1.54, 1.807) is 48.5 Å². The van der Waals surface area contributed by atoms with Crippen LogP contribution in [-0.2, 0) is 16.1 Å². The van der Waals surface area contributed by atoms with Crippen LogP contribution in [0.2, 0.25) is 15.1 Å². The summed E-state index contributed by atoms with van der Waals surface area (Å²) in [7, 11) is 0. The SMILES string of the molecule is CCOc1cc(/C=C2\N=C(c3ccccc3Cl)OC2=O)cc(Cl)c1OCc1cccc(Cl)c1. The van der Waals surface area contributed by atoms with Crippen molar-refractivity contribution in [2.45, 2.75) is 13.5 Å². The smallest absolute Gasteiger partial charge is 0.363 e. The number of hydrogen-bond donors (Lipinski definition) is 0. The Morgan fingerprint density at radius 3 is 2.55 bits per heavy atom. The standard InChI is InChI=1S/C25H18Cl3NO4/c1-2-31-22-13-16(11-20(28)23(22)32-14-15-6-5-7-17(26)10-15)12-21-25(30)33-24(29-21)18-8-3-4-9-19(18)27/h3-13H,2,14H2,1H3/b21-12-. The maximum absolute atomic E-state index is 12.4. The highest BCUT2D eigenvalue weighted by molar-refractivity contribution is 6.34. The summed E-state index contributed by atoms with van der Waals surface area (Å²) in [5.74, 6) is 0.408. The molecule has 0 saturated heterocycles. The number of nitrogens with zero attached hydrogens (tertiary/aromatic N) is 1. The molecular formula is C25H18Cl3NO4. The minimum atomic E-state index is -0.583. The van der Waals surface area contributed by atoms with Crippen LogP contribution in [0.15, 0.2) is 71.4 Å². The molecule has 4 rings (SSSR count). The van der Waals surface area contributed by atoms with Crippen molar-refractivity contribution >= 4 is 52.7 Å². The van der Waals surface area contributed by atoms with E-state index in [0.29, 0.717) is 44.3 Å². The van der Waals surface area contributed by atoms with E-state index in [-0.39, 0.29) is 18.2 Å². The molecule has 168 valence electrons. The van der Waals surface area contributed by atoms with E-state index in [4.69, 9.17) is 49.0 Å². The summed E-state index contributed by atoms with van der Waals surface area (Å²) >= 11 is 18.7.